The Morgan fingerprint density at radius 1 is 1.19 bits per heavy atom. The molecule has 1 aliphatic heterocycles. The van der Waals surface area contributed by atoms with E-state index < -0.39 is 0 Å². The molecule has 16 heavy (non-hydrogen) atoms. The fourth-order valence-electron chi connectivity index (χ4n) is 3.70. The zero-order valence-electron chi connectivity index (χ0n) is 9.87. The molecule has 3 rings (SSSR count). The molecule has 3 heteroatoms. The summed E-state index contributed by atoms with van der Waals surface area (Å²) in [5, 5.41) is 6.58. The van der Waals surface area contributed by atoms with Crippen molar-refractivity contribution in [3.8, 4) is 0 Å². The van der Waals surface area contributed by atoms with Gasteiger partial charge in [0.15, 0.2) is 0 Å². The summed E-state index contributed by atoms with van der Waals surface area (Å²) in [6.45, 7) is 2.03. The molecule has 2 saturated carbocycles. The van der Waals surface area contributed by atoms with Crippen LogP contribution in [0.3, 0.4) is 0 Å². The van der Waals surface area contributed by atoms with Gasteiger partial charge in [-0.15, -0.1) is 0 Å². The molecule has 0 aromatic rings. The molecule has 1 amide bonds. The molecule has 3 atom stereocenters. The maximum absolute atomic E-state index is 11.9. The molecule has 3 unspecified atom stereocenters. The number of fused-ring (bicyclic) bond motifs is 1. The lowest BCUT2D eigenvalue weighted by Gasteiger charge is -2.11. The van der Waals surface area contributed by atoms with Crippen LogP contribution in [0.15, 0.2) is 0 Å². The van der Waals surface area contributed by atoms with Crippen LogP contribution >= 0.6 is 0 Å². The summed E-state index contributed by atoms with van der Waals surface area (Å²) in [7, 11) is 0. The first-order valence-electron chi connectivity index (χ1n) is 6.87. The molecule has 0 radical (unpaired) electrons. The summed E-state index contributed by atoms with van der Waals surface area (Å²) < 4.78 is 0. The molecule has 2 aliphatic carbocycles. The Kier molecular flexibility index (Phi) is 2.88. The minimum Gasteiger partial charge on any atom is -0.356 e. The molecule has 1 heterocycles. The Bertz CT molecular complexity index is 263. The Hall–Kier alpha value is -0.570. The number of carbonyl (C=O) groups is 1. The average molecular weight is 222 g/mol. The number of amides is 1. The van der Waals surface area contributed by atoms with Gasteiger partial charge in [0.2, 0.25) is 5.91 Å². The van der Waals surface area contributed by atoms with E-state index in [1.807, 2.05) is 0 Å². The number of hydrogen-bond donors (Lipinski definition) is 2. The molecule has 2 N–H and O–H groups in total. The summed E-state index contributed by atoms with van der Waals surface area (Å²) in [6, 6.07) is 0.652. The number of hydrogen-bond acceptors (Lipinski definition) is 2. The summed E-state index contributed by atoms with van der Waals surface area (Å²) in [6.07, 6.45) is 7.63. The lowest BCUT2D eigenvalue weighted by Crippen LogP contribution is -2.32. The third kappa shape index (κ3) is 1.97. The van der Waals surface area contributed by atoms with E-state index in [2.05, 4.69) is 10.6 Å². The van der Waals surface area contributed by atoms with Crippen molar-refractivity contribution in [1.29, 1.82) is 0 Å². The average Bonchev–Trinajstić information content (AvgIpc) is 2.76. The van der Waals surface area contributed by atoms with E-state index in [-0.39, 0.29) is 0 Å². The van der Waals surface area contributed by atoms with Crippen LogP contribution in [0.25, 0.3) is 0 Å². The highest BCUT2D eigenvalue weighted by Crippen LogP contribution is 2.57. The van der Waals surface area contributed by atoms with Crippen molar-refractivity contribution < 1.29 is 4.79 Å². The quantitative estimate of drug-likeness (QED) is 0.752. The zero-order chi connectivity index (χ0) is 11.0. The van der Waals surface area contributed by atoms with Gasteiger partial charge in [-0.05, 0) is 50.5 Å². The van der Waals surface area contributed by atoms with E-state index in [4.69, 9.17) is 0 Å². The first-order chi connectivity index (χ1) is 7.86. The molecule has 0 aromatic heterocycles. The fraction of sp³-hybridized carbons (Fsp3) is 0.923. The molecule has 0 spiro atoms. The molecule has 3 fully saturated rings. The van der Waals surface area contributed by atoms with Gasteiger partial charge in [0.25, 0.3) is 0 Å². The maximum Gasteiger partial charge on any atom is 0.223 e. The van der Waals surface area contributed by atoms with Crippen LogP contribution in [-0.4, -0.2) is 25.0 Å². The van der Waals surface area contributed by atoms with Gasteiger partial charge >= 0.3 is 0 Å². The molecule has 0 aromatic carbocycles. The normalized spacial score (nSPS) is 40.8. The van der Waals surface area contributed by atoms with Crippen LogP contribution in [0.1, 0.15) is 38.5 Å². The van der Waals surface area contributed by atoms with E-state index in [0.29, 0.717) is 17.9 Å². The third-order valence-electron chi connectivity index (χ3n) is 4.66. The third-order valence-corrected chi connectivity index (χ3v) is 4.66. The van der Waals surface area contributed by atoms with E-state index in [9.17, 15) is 4.79 Å². The van der Waals surface area contributed by atoms with Crippen LogP contribution in [-0.2, 0) is 4.79 Å². The summed E-state index contributed by atoms with van der Waals surface area (Å²) in [5.74, 6) is 2.24. The van der Waals surface area contributed by atoms with Gasteiger partial charge in [-0.3, -0.25) is 4.79 Å². The highest BCUT2D eigenvalue weighted by atomic mass is 16.2. The van der Waals surface area contributed by atoms with Gasteiger partial charge in [-0.25, -0.2) is 0 Å². The highest BCUT2D eigenvalue weighted by molar-refractivity contribution is 5.82. The van der Waals surface area contributed by atoms with E-state index in [0.717, 1.165) is 31.3 Å². The summed E-state index contributed by atoms with van der Waals surface area (Å²) in [5.41, 5.74) is 0. The fourth-order valence-corrected chi connectivity index (χ4v) is 3.70. The number of rotatable bonds is 4. The zero-order valence-corrected chi connectivity index (χ0v) is 9.87. The van der Waals surface area contributed by atoms with E-state index >= 15 is 0 Å². The first-order valence-corrected chi connectivity index (χ1v) is 6.87. The second kappa shape index (κ2) is 4.36. The van der Waals surface area contributed by atoms with Crippen molar-refractivity contribution in [3.63, 3.8) is 0 Å². The second-order valence-electron chi connectivity index (χ2n) is 5.66. The largest absolute Gasteiger partial charge is 0.356 e. The Morgan fingerprint density at radius 2 is 2.00 bits per heavy atom. The van der Waals surface area contributed by atoms with Crippen LogP contribution in [0.4, 0.5) is 0 Å². The molecule has 3 aliphatic rings. The van der Waals surface area contributed by atoms with Gasteiger partial charge in [0.1, 0.15) is 0 Å². The lowest BCUT2D eigenvalue weighted by molar-refractivity contribution is -0.123. The molecule has 1 saturated heterocycles. The molecule has 0 bridgehead atoms. The first kappa shape index (κ1) is 10.6. The van der Waals surface area contributed by atoms with Crippen molar-refractivity contribution in [3.05, 3.63) is 0 Å². The predicted octanol–water partition coefficient (Wildman–Crippen LogP) is 1.29. The minimum absolute atomic E-state index is 0.340. The van der Waals surface area contributed by atoms with Crippen molar-refractivity contribution in [2.75, 3.05) is 13.1 Å². The van der Waals surface area contributed by atoms with Crippen LogP contribution in [0.2, 0.25) is 0 Å². The van der Waals surface area contributed by atoms with E-state index in [1.165, 1.54) is 32.1 Å². The van der Waals surface area contributed by atoms with Gasteiger partial charge in [-0.2, -0.15) is 0 Å². The van der Waals surface area contributed by atoms with Gasteiger partial charge in [-0.1, -0.05) is 6.42 Å². The van der Waals surface area contributed by atoms with Gasteiger partial charge < -0.3 is 10.6 Å². The number of nitrogens with one attached hydrogen (secondary N) is 2. The Balaban J connectivity index is 1.34. The summed E-state index contributed by atoms with van der Waals surface area (Å²) >= 11 is 0. The standard InChI is InChI=1S/C13H22N2O/c16-13(12-10-4-1-5-11(10)12)15-8-6-9-3-2-7-14-9/h9-12,14H,1-8H2,(H,15,16). The van der Waals surface area contributed by atoms with E-state index in [1.54, 1.807) is 0 Å². The van der Waals surface area contributed by atoms with Gasteiger partial charge in [0.05, 0.1) is 0 Å². The molecule has 3 nitrogen and oxygen atoms in total. The SMILES string of the molecule is O=C(NCCC1CCCN1)C1C2CCCC21. The van der Waals surface area contributed by atoms with Crippen molar-refractivity contribution in [2.24, 2.45) is 17.8 Å². The van der Waals surface area contributed by atoms with Crippen molar-refractivity contribution in [1.82, 2.24) is 10.6 Å². The molecular formula is C13H22N2O. The van der Waals surface area contributed by atoms with Crippen molar-refractivity contribution in [2.45, 2.75) is 44.6 Å². The predicted molar refractivity (Wildman–Crippen MR) is 63.0 cm³/mol. The second-order valence-corrected chi connectivity index (χ2v) is 5.66. The highest BCUT2D eigenvalue weighted by Gasteiger charge is 2.56. The Labute approximate surface area is 97.4 Å². The van der Waals surface area contributed by atoms with Gasteiger partial charge in [0, 0.05) is 18.5 Å². The minimum atomic E-state index is 0.340. The lowest BCUT2D eigenvalue weighted by atomic mass is 10.1. The van der Waals surface area contributed by atoms with Crippen LogP contribution < -0.4 is 10.6 Å². The van der Waals surface area contributed by atoms with Crippen LogP contribution in [0, 0.1) is 17.8 Å². The molecular weight excluding hydrogens is 200 g/mol. The topological polar surface area (TPSA) is 41.1 Å². The van der Waals surface area contributed by atoms with Crippen LogP contribution in [0.5, 0.6) is 0 Å². The molecule has 90 valence electrons. The maximum atomic E-state index is 11.9. The Morgan fingerprint density at radius 3 is 2.69 bits per heavy atom. The number of carbonyl (C=O) groups excluding carboxylic acids is 1. The summed E-state index contributed by atoms with van der Waals surface area (Å²) in [4.78, 5) is 11.9. The van der Waals surface area contributed by atoms with Crippen molar-refractivity contribution >= 4 is 5.91 Å². The smallest absolute Gasteiger partial charge is 0.223 e. The monoisotopic (exact) mass is 222 g/mol.